The van der Waals surface area contributed by atoms with Crippen LogP contribution in [0.5, 0.6) is 0 Å². The van der Waals surface area contributed by atoms with Gasteiger partial charge in [-0.3, -0.25) is 0 Å². The first-order chi connectivity index (χ1) is 7.99. The van der Waals surface area contributed by atoms with Crippen LogP contribution >= 0.6 is 0 Å². The van der Waals surface area contributed by atoms with Crippen molar-refractivity contribution in [3.8, 4) is 0 Å². The highest BCUT2D eigenvalue weighted by Gasteiger charge is 2.26. The van der Waals surface area contributed by atoms with Crippen LogP contribution in [0.15, 0.2) is 23.3 Å². The third kappa shape index (κ3) is 3.19. The predicted octanol–water partition coefficient (Wildman–Crippen LogP) is 1.86. The molecule has 0 N–H and O–H groups in total. The Bertz CT molecular complexity index is 343. The summed E-state index contributed by atoms with van der Waals surface area (Å²) in [7, 11) is 2.61. The minimum Gasteiger partial charge on any atom is -0.465 e. The highest BCUT2D eigenvalue weighted by atomic mass is 16.5. The molecule has 2 atom stereocenters. The first-order valence-electron chi connectivity index (χ1n) is 5.60. The van der Waals surface area contributed by atoms with Crippen molar-refractivity contribution in [2.24, 2.45) is 11.8 Å². The first kappa shape index (κ1) is 13.5. The maximum atomic E-state index is 11.7. The zero-order chi connectivity index (χ0) is 13.0. The molecule has 4 heteroatoms. The van der Waals surface area contributed by atoms with Crippen molar-refractivity contribution < 1.29 is 19.1 Å². The number of carbonyl (C=O) groups excluding carboxylic acids is 2. The molecule has 0 aromatic carbocycles. The second kappa shape index (κ2) is 5.66. The Kier molecular flexibility index (Phi) is 4.49. The van der Waals surface area contributed by atoms with E-state index in [1.54, 1.807) is 12.2 Å². The summed E-state index contributed by atoms with van der Waals surface area (Å²) < 4.78 is 9.40. The molecule has 1 rings (SSSR count). The van der Waals surface area contributed by atoms with E-state index in [4.69, 9.17) is 9.47 Å². The van der Waals surface area contributed by atoms with Gasteiger partial charge in [-0.15, -0.1) is 0 Å². The van der Waals surface area contributed by atoms with Gasteiger partial charge in [0, 0.05) is 0 Å². The third-order valence-electron chi connectivity index (χ3n) is 2.75. The summed E-state index contributed by atoms with van der Waals surface area (Å²) in [6.45, 7) is 4.01. The van der Waals surface area contributed by atoms with Gasteiger partial charge in [0.1, 0.15) is 0 Å². The fraction of sp³-hybridized carbons (Fsp3) is 0.538. The molecule has 0 saturated heterocycles. The van der Waals surface area contributed by atoms with Gasteiger partial charge < -0.3 is 9.47 Å². The van der Waals surface area contributed by atoms with E-state index in [0.717, 1.165) is 6.42 Å². The second-order valence-corrected chi connectivity index (χ2v) is 4.33. The van der Waals surface area contributed by atoms with E-state index in [1.165, 1.54) is 14.2 Å². The average Bonchev–Trinajstić information content (AvgIpc) is 2.45. The monoisotopic (exact) mass is 238 g/mol. The van der Waals surface area contributed by atoms with E-state index < -0.39 is 11.9 Å². The maximum Gasteiger partial charge on any atom is 0.338 e. The molecule has 0 amide bonds. The molecule has 17 heavy (non-hydrogen) atoms. The highest BCUT2D eigenvalue weighted by Crippen LogP contribution is 2.27. The Morgan fingerprint density at radius 3 is 1.65 bits per heavy atom. The quantitative estimate of drug-likeness (QED) is 0.689. The fourth-order valence-corrected chi connectivity index (χ4v) is 2.05. The van der Waals surface area contributed by atoms with E-state index >= 15 is 0 Å². The summed E-state index contributed by atoms with van der Waals surface area (Å²) in [5.74, 6) is -0.555. The molecule has 0 aromatic heterocycles. The van der Waals surface area contributed by atoms with Crippen molar-refractivity contribution in [1.82, 2.24) is 0 Å². The third-order valence-corrected chi connectivity index (χ3v) is 2.75. The molecule has 0 spiro atoms. The number of methoxy groups -OCH3 is 2. The molecule has 0 radical (unpaired) electrons. The summed E-state index contributed by atoms with van der Waals surface area (Å²) in [6.07, 6.45) is 4.44. The second-order valence-electron chi connectivity index (χ2n) is 4.33. The first-order valence-corrected chi connectivity index (χ1v) is 5.60. The maximum absolute atomic E-state index is 11.7. The van der Waals surface area contributed by atoms with Crippen LogP contribution in [0.4, 0.5) is 0 Å². The van der Waals surface area contributed by atoms with E-state index in [-0.39, 0.29) is 11.8 Å². The molecule has 0 fully saturated rings. The predicted molar refractivity (Wildman–Crippen MR) is 63.1 cm³/mol. The standard InChI is InChI=1S/C13H18O4/c1-8-5-9(2)7-11(13(15)17-4)10(6-8)12(14)16-3/h6-9H,5H2,1-4H3. The van der Waals surface area contributed by atoms with Gasteiger partial charge in [-0.2, -0.15) is 0 Å². The minimum absolute atomic E-state index is 0.220. The van der Waals surface area contributed by atoms with Gasteiger partial charge in [0.15, 0.2) is 0 Å². The highest BCUT2D eigenvalue weighted by molar-refractivity contribution is 6.07. The molecule has 1 aliphatic carbocycles. The summed E-state index contributed by atoms with van der Waals surface area (Å²) in [5, 5.41) is 0. The molecule has 1 aliphatic rings. The molecular formula is C13H18O4. The smallest absolute Gasteiger partial charge is 0.338 e. The van der Waals surface area contributed by atoms with Crippen LogP contribution < -0.4 is 0 Å². The summed E-state index contributed by atoms with van der Waals surface area (Å²) in [6, 6.07) is 0. The SMILES string of the molecule is COC(=O)C1=CC(C)CC(C)C=C1C(=O)OC. The molecule has 4 nitrogen and oxygen atoms in total. The zero-order valence-electron chi connectivity index (χ0n) is 10.6. The van der Waals surface area contributed by atoms with E-state index in [1.807, 2.05) is 13.8 Å². The molecule has 2 unspecified atom stereocenters. The van der Waals surface area contributed by atoms with Crippen LogP contribution in [0.3, 0.4) is 0 Å². The van der Waals surface area contributed by atoms with Gasteiger partial charge in [0.25, 0.3) is 0 Å². The Balaban J connectivity index is 3.20. The topological polar surface area (TPSA) is 52.6 Å². The van der Waals surface area contributed by atoms with Gasteiger partial charge in [0.2, 0.25) is 0 Å². The van der Waals surface area contributed by atoms with Crippen LogP contribution in [0.2, 0.25) is 0 Å². The van der Waals surface area contributed by atoms with Crippen LogP contribution in [0, 0.1) is 11.8 Å². The van der Waals surface area contributed by atoms with Gasteiger partial charge >= 0.3 is 11.9 Å². The fourth-order valence-electron chi connectivity index (χ4n) is 2.05. The number of esters is 2. The van der Waals surface area contributed by atoms with Crippen molar-refractivity contribution >= 4 is 11.9 Å². The largest absolute Gasteiger partial charge is 0.465 e. The molecule has 0 heterocycles. The molecule has 0 aliphatic heterocycles. The van der Waals surface area contributed by atoms with Gasteiger partial charge in [0.05, 0.1) is 25.4 Å². The Morgan fingerprint density at radius 2 is 1.35 bits per heavy atom. The summed E-state index contributed by atoms with van der Waals surface area (Å²) in [4.78, 5) is 23.3. The van der Waals surface area contributed by atoms with Gasteiger partial charge in [-0.1, -0.05) is 26.0 Å². The lowest BCUT2D eigenvalue weighted by atomic mass is 9.98. The number of hydrogen-bond donors (Lipinski definition) is 0. The van der Waals surface area contributed by atoms with Crippen LogP contribution in [0.25, 0.3) is 0 Å². The zero-order valence-corrected chi connectivity index (χ0v) is 10.6. The van der Waals surface area contributed by atoms with Crippen molar-refractivity contribution in [2.45, 2.75) is 20.3 Å². The van der Waals surface area contributed by atoms with Crippen molar-refractivity contribution in [3.05, 3.63) is 23.3 Å². The number of carbonyl (C=O) groups is 2. The Morgan fingerprint density at radius 1 is 1.00 bits per heavy atom. The lowest BCUT2D eigenvalue weighted by Crippen LogP contribution is -2.15. The van der Waals surface area contributed by atoms with Crippen molar-refractivity contribution in [1.29, 1.82) is 0 Å². The van der Waals surface area contributed by atoms with Crippen LogP contribution in [-0.2, 0) is 19.1 Å². The number of allylic oxidation sites excluding steroid dienone is 2. The molecular weight excluding hydrogens is 220 g/mol. The van der Waals surface area contributed by atoms with Crippen LogP contribution in [-0.4, -0.2) is 26.2 Å². The van der Waals surface area contributed by atoms with Crippen LogP contribution in [0.1, 0.15) is 20.3 Å². The van der Waals surface area contributed by atoms with E-state index in [2.05, 4.69) is 0 Å². The number of hydrogen-bond acceptors (Lipinski definition) is 4. The summed E-state index contributed by atoms with van der Waals surface area (Å²) in [5.41, 5.74) is 0.604. The van der Waals surface area contributed by atoms with E-state index in [9.17, 15) is 9.59 Å². The summed E-state index contributed by atoms with van der Waals surface area (Å²) >= 11 is 0. The number of ether oxygens (including phenoxy) is 2. The minimum atomic E-state index is -0.498. The Labute approximate surface area is 101 Å². The van der Waals surface area contributed by atoms with Crippen molar-refractivity contribution in [3.63, 3.8) is 0 Å². The van der Waals surface area contributed by atoms with E-state index in [0.29, 0.717) is 11.1 Å². The molecule has 0 aromatic rings. The molecule has 0 bridgehead atoms. The Hall–Kier alpha value is -1.58. The number of rotatable bonds is 2. The molecule has 94 valence electrons. The normalized spacial score (nSPS) is 24.2. The lowest BCUT2D eigenvalue weighted by molar-refractivity contribution is -0.139. The average molecular weight is 238 g/mol. The van der Waals surface area contributed by atoms with Gasteiger partial charge in [-0.05, 0) is 18.3 Å². The van der Waals surface area contributed by atoms with Crippen molar-refractivity contribution in [2.75, 3.05) is 14.2 Å². The lowest BCUT2D eigenvalue weighted by Gasteiger charge is -2.08. The van der Waals surface area contributed by atoms with Gasteiger partial charge in [-0.25, -0.2) is 9.59 Å². The molecule has 0 saturated carbocycles.